The number of benzene rings is 1. The lowest BCUT2D eigenvalue weighted by Gasteiger charge is -2.18. The number of fused-ring (bicyclic) bond motifs is 1. The molecular formula is C12H10F3NO3. The van der Waals surface area contributed by atoms with E-state index < -0.39 is 18.1 Å². The monoisotopic (exact) mass is 273 g/mol. The molecule has 19 heavy (non-hydrogen) atoms. The van der Waals surface area contributed by atoms with Crippen LogP contribution in [0.3, 0.4) is 0 Å². The maximum Gasteiger partial charge on any atom is 0.471 e. The zero-order valence-corrected chi connectivity index (χ0v) is 9.70. The Bertz CT molecular complexity index is 540. The van der Waals surface area contributed by atoms with E-state index in [2.05, 4.69) is 0 Å². The second kappa shape index (κ2) is 4.56. The third kappa shape index (κ3) is 2.69. The van der Waals surface area contributed by atoms with Crippen LogP contribution in [0.5, 0.6) is 0 Å². The van der Waals surface area contributed by atoms with Gasteiger partial charge in [0.2, 0.25) is 0 Å². The molecule has 1 N–H and O–H groups in total. The largest absolute Gasteiger partial charge is 0.481 e. The second-order valence-electron chi connectivity index (χ2n) is 4.24. The highest BCUT2D eigenvalue weighted by molar-refractivity contribution is 5.99. The Morgan fingerprint density at radius 2 is 2.00 bits per heavy atom. The zero-order valence-electron chi connectivity index (χ0n) is 9.70. The van der Waals surface area contributed by atoms with E-state index in [9.17, 15) is 22.8 Å². The van der Waals surface area contributed by atoms with E-state index >= 15 is 0 Å². The van der Waals surface area contributed by atoms with Gasteiger partial charge in [-0.25, -0.2) is 0 Å². The van der Waals surface area contributed by atoms with Crippen LogP contribution >= 0.6 is 0 Å². The average molecular weight is 273 g/mol. The van der Waals surface area contributed by atoms with Crippen LogP contribution in [0.4, 0.5) is 18.9 Å². The van der Waals surface area contributed by atoms with Crippen molar-refractivity contribution in [2.24, 2.45) is 0 Å². The van der Waals surface area contributed by atoms with Crippen LogP contribution < -0.4 is 4.90 Å². The molecule has 0 unspecified atom stereocenters. The molecule has 1 amide bonds. The molecule has 0 spiro atoms. The number of carbonyl (C=O) groups is 2. The second-order valence-corrected chi connectivity index (χ2v) is 4.24. The molecule has 1 aliphatic rings. The van der Waals surface area contributed by atoms with Gasteiger partial charge in [-0.3, -0.25) is 9.59 Å². The molecule has 0 saturated heterocycles. The molecule has 1 heterocycles. The molecule has 2 rings (SSSR count). The lowest BCUT2D eigenvalue weighted by molar-refractivity contribution is -0.170. The number of hydrogen-bond donors (Lipinski definition) is 1. The Hall–Kier alpha value is -2.05. The Balaban J connectivity index is 2.27. The minimum absolute atomic E-state index is 0.0375. The molecule has 1 aliphatic heterocycles. The number of rotatable bonds is 2. The topological polar surface area (TPSA) is 57.6 Å². The Morgan fingerprint density at radius 3 is 2.58 bits per heavy atom. The van der Waals surface area contributed by atoms with Gasteiger partial charge in [0.15, 0.2) is 0 Å². The standard InChI is InChI=1S/C12H10F3NO3/c13-12(14,15)11(19)16-4-3-8-5-7(6-10(17)18)1-2-9(8)16/h1-2,5H,3-4,6H2,(H,17,18). The van der Waals surface area contributed by atoms with Crippen LogP contribution in [0.15, 0.2) is 18.2 Å². The Labute approximate surface area is 106 Å². The molecule has 0 fully saturated rings. The molecule has 1 aromatic rings. The summed E-state index contributed by atoms with van der Waals surface area (Å²) in [6, 6.07) is 4.33. The van der Waals surface area contributed by atoms with Gasteiger partial charge in [-0.05, 0) is 23.6 Å². The summed E-state index contributed by atoms with van der Waals surface area (Å²) in [4.78, 5) is 22.4. The van der Waals surface area contributed by atoms with Gasteiger partial charge in [-0.2, -0.15) is 13.2 Å². The molecule has 7 heteroatoms. The van der Waals surface area contributed by atoms with Gasteiger partial charge in [0.25, 0.3) is 0 Å². The summed E-state index contributed by atoms with van der Waals surface area (Å²) >= 11 is 0. The van der Waals surface area contributed by atoms with E-state index in [1.54, 1.807) is 0 Å². The van der Waals surface area contributed by atoms with Crippen LogP contribution in [0.25, 0.3) is 0 Å². The molecular weight excluding hydrogens is 263 g/mol. The molecule has 4 nitrogen and oxygen atoms in total. The summed E-state index contributed by atoms with van der Waals surface area (Å²) < 4.78 is 37.1. The van der Waals surface area contributed by atoms with Gasteiger partial charge in [0.05, 0.1) is 6.42 Å². The zero-order chi connectivity index (χ0) is 14.2. The number of carbonyl (C=O) groups excluding carboxylic acids is 1. The number of halogens is 3. The molecule has 0 aromatic heterocycles. The van der Waals surface area contributed by atoms with Gasteiger partial charge in [0, 0.05) is 12.2 Å². The van der Waals surface area contributed by atoms with Crippen LogP contribution in [0.1, 0.15) is 11.1 Å². The third-order valence-electron chi connectivity index (χ3n) is 2.88. The fourth-order valence-electron chi connectivity index (χ4n) is 2.10. The van der Waals surface area contributed by atoms with Crippen molar-refractivity contribution in [1.82, 2.24) is 0 Å². The van der Waals surface area contributed by atoms with Gasteiger partial charge in [-0.15, -0.1) is 0 Å². The Kier molecular flexibility index (Phi) is 3.21. The number of nitrogens with zero attached hydrogens (tertiary/aromatic N) is 1. The summed E-state index contributed by atoms with van der Waals surface area (Å²) in [6.45, 7) is -0.0375. The number of carboxylic acid groups (broad SMARTS) is 1. The summed E-state index contributed by atoms with van der Waals surface area (Å²) in [5, 5.41) is 8.65. The van der Waals surface area contributed by atoms with Gasteiger partial charge in [0.1, 0.15) is 0 Å². The molecule has 0 radical (unpaired) electrons. The molecule has 102 valence electrons. The minimum atomic E-state index is -4.90. The average Bonchev–Trinajstić information content (AvgIpc) is 2.68. The highest BCUT2D eigenvalue weighted by Gasteiger charge is 2.44. The van der Waals surface area contributed by atoms with E-state index in [1.165, 1.54) is 18.2 Å². The summed E-state index contributed by atoms with van der Waals surface area (Å²) in [6.07, 6.45) is -4.80. The first-order chi connectivity index (χ1) is 8.79. The van der Waals surface area contributed by atoms with E-state index in [1.807, 2.05) is 0 Å². The number of hydrogen-bond acceptors (Lipinski definition) is 2. The molecule has 0 saturated carbocycles. The fourth-order valence-corrected chi connectivity index (χ4v) is 2.10. The molecule has 0 bridgehead atoms. The van der Waals surface area contributed by atoms with E-state index in [-0.39, 0.29) is 18.7 Å². The first-order valence-corrected chi connectivity index (χ1v) is 5.51. The predicted octanol–water partition coefficient (Wildman–Crippen LogP) is 1.77. The van der Waals surface area contributed by atoms with Crippen molar-refractivity contribution >= 4 is 17.6 Å². The van der Waals surface area contributed by atoms with Crippen molar-refractivity contribution in [3.05, 3.63) is 29.3 Å². The van der Waals surface area contributed by atoms with Crippen molar-refractivity contribution in [3.63, 3.8) is 0 Å². The summed E-state index contributed by atoms with van der Waals surface area (Å²) in [5.41, 5.74) is 1.28. The maximum absolute atomic E-state index is 12.4. The highest BCUT2D eigenvalue weighted by atomic mass is 19.4. The van der Waals surface area contributed by atoms with Gasteiger partial charge in [-0.1, -0.05) is 12.1 Å². The van der Waals surface area contributed by atoms with Crippen molar-refractivity contribution < 1.29 is 27.9 Å². The first kappa shape index (κ1) is 13.4. The van der Waals surface area contributed by atoms with Crippen molar-refractivity contribution in [2.45, 2.75) is 19.0 Å². The number of aliphatic carboxylic acids is 1. The lowest BCUT2D eigenvalue weighted by Crippen LogP contribution is -2.40. The SMILES string of the molecule is O=C(O)Cc1ccc2c(c1)CCN2C(=O)C(F)(F)F. The Morgan fingerprint density at radius 1 is 1.32 bits per heavy atom. The quantitative estimate of drug-likeness (QED) is 0.893. The van der Waals surface area contributed by atoms with Crippen LogP contribution in [-0.4, -0.2) is 29.7 Å². The van der Waals surface area contributed by atoms with Crippen molar-refractivity contribution in [2.75, 3.05) is 11.4 Å². The van der Waals surface area contributed by atoms with Crippen LogP contribution in [0.2, 0.25) is 0 Å². The minimum Gasteiger partial charge on any atom is -0.481 e. The number of anilines is 1. The smallest absolute Gasteiger partial charge is 0.471 e. The fraction of sp³-hybridized carbons (Fsp3) is 0.333. The highest BCUT2D eigenvalue weighted by Crippen LogP contribution is 2.32. The number of amides is 1. The van der Waals surface area contributed by atoms with Crippen molar-refractivity contribution in [1.29, 1.82) is 0 Å². The summed E-state index contributed by atoms with van der Waals surface area (Å²) in [7, 11) is 0. The number of alkyl halides is 3. The van der Waals surface area contributed by atoms with Gasteiger partial charge < -0.3 is 10.0 Å². The molecule has 0 aliphatic carbocycles. The third-order valence-corrected chi connectivity index (χ3v) is 2.88. The lowest BCUT2D eigenvalue weighted by atomic mass is 10.1. The first-order valence-electron chi connectivity index (χ1n) is 5.51. The van der Waals surface area contributed by atoms with E-state index in [0.717, 1.165) is 0 Å². The van der Waals surface area contributed by atoms with Crippen LogP contribution in [-0.2, 0) is 22.4 Å². The van der Waals surface area contributed by atoms with Crippen LogP contribution in [0, 0.1) is 0 Å². The van der Waals surface area contributed by atoms with Gasteiger partial charge >= 0.3 is 18.1 Å². The molecule has 1 aromatic carbocycles. The molecule has 0 atom stereocenters. The number of carboxylic acids is 1. The predicted molar refractivity (Wildman–Crippen MR) is 59.9 cm³/mol. The van der Waals surface area contributed by atoms with Crippen molar-refractivity contribution in [3.8, 4) is 0 Å². The van der Waals surface area contributed by atoms with E-state index in [4.69, 9.17) is 5.11 Å². The normalized spacial score (nSPS) is 14.4. The summed E-state index contributed by atoms with van der Waals surface area (Å²) in [5.74, 6) is -2.90. The van der Waals surface area contributed by atoms with E-state index in [0.29, 0.717) is 22.4 Å². The maximum atomic E-state index is 12.4.